The lowest BCUT2D eigenvalue weighted by molar-refractivity contribution is -0.633. The maximum Gasteiger partial charge on any atom is 0.216 e. The highest BCUT2D eigenvalue weighted by molar-refractivity contribution is 6.90. The molecule has 3 aromatic carbocycles. The molecule has 0 radical (unpaired) electrons. The van der Waals surface area contributed by atoms with E-state index in [0.717, 1.165) is 27.5 Å². The number of furan rings is 1. The normalized spacial score (nSPS) is 12.6. The van der Waals surface area contributed by atoms with Crippen LogP contribution in [0.15, 0.2) is 52.9 Å². The van der Waals surface area contributed by atoms with Crippen molar-refractivity contribution in [2.45, 2.75) is 59.7 Å². The molecule has 0 unspecified atom stereocenters. The van der Waals surface area contributed by atoms with E-state index in [0.29, 0.717) is 5.69 Å². The Balaban J connectivity index is 1.95. The first-order chi connectivity index (χ1) is 16.8. The van der Waals surface area contributed by atoms with Crippen LogP contribution >= 0.6 is 0 Å². The lowest BCUT2D eigenvalue weighted by Gasteiger charge is -2.23. The minimum atomic E-state index is -1.67. The Kier molecular flexibility index (Phi) is 5.43. The molecule has 5 rings (SSSR count). The Bertz CT molecular complexity index is 1740. The summed E-state index contributed by atoms with van der Waals surface area (Å²) < 4.78 is 8.90. The van der Waals surface area contributed by atoms with Crippen LogP contribution in [0.3, 0.4) is 0 Å². The molecule has 182 valence electrons. The van der Waals surface area contributed by atoms with Gasteiger partial charge in [-0.15, -0.1) is 0 Å². The Hall–Kier alpha value is -3.42. The highest BCUT2D eigenvalue weighted by atomic mass is 28.3. The maximum atomic E-state index is 7.43. The number of hydrogen-bond donors (Lipinski definition) is 0. The van der Waals surface area contributed by atoms with Gasteiger partial charge in [-0.3, -0.25) is 0 Å². The second kappa shape index (κ2) is 8.05. The van der Waals surface area contributed by atoms with Gasteiger partial charge in [0.15, 0.2) is 5.69 Å². The largest absolute Gasteiger partial charge is 0.456 e. The minimum Gasteiger partial charge on any atom is -0.456 e. The van der Waals surface area contributed by atoms with Crippen molar-refractivity contribution < 1.29 is 8.98 Å². The van der Waals surface area contributed by atoms with Gasteiger partial charge >= 0.3 is 0 Å². The fourth-order valence-corrected chi connectivity index (χ4v) is 6.90. The Morgan fingerprint density at radius 2 is 1.58 bits per heavy atom. The van der Waals surface area contributed by atoms with Crippen molar-refractivity contribution in [3.05, 3.63) is 76.6 Å². The van der Waals surface area contributed by atoms with Gasteiger partial charge < -0.3 is 4.42 Å². The van der Waals surface area contributed by atoms with Crippen LogP contribution < -0.4 is 9.75 Å². The van der Waals surface area contributed by atoms with E-state index < -0.39 is 8.07 Å². The molecule has 0 N–H and O–H groups in total. The number of aryl methyl sites for hydroxylation is 2. The molecule has 0 aliphatic heterocycles. The molecule has 5 aromatic rings. The van der Waals surface area contributed by atoms with Crippen LogP contribution in [0, 0.1) is 20.4 Å². The van der Waals surface area contributed by atoms with E-state index in [2.05, 4.69) is 101 Å². The summed E-state index contributed by atoms with van der Waals surface area (Å²) in [7, 11) is 0.518. The van der Waals surface area contributed by atoms with Crippen LogP contribution in [0.2, 0.25) is 19.6 Å². The zero-order valence-corrected chi connectivity index (χ0v) is 23.9. The number of fused-ring (bicyclic) bond motifs is 4. The molecule has 0 fully saturated rings. The number of rotatable bonds is 2. The molecule has 4 heteroatoms. The third kappa shape index (κ3) is 3.74. The summed E-state index contributed by atoms with van der Waals surface area (Å²) in [6.07, 6.45) is 0. The lowest BCUT2D eigenvalue weighted by Crippen LogP contribution is -2.43. The van der Waals surface area contributed by atoms with Gasteiger partial charge in [0, 0.05) is 28.3 Å². The number of aromatic nitrogens is 1. The molecule has 36 heavy (non-hydrogen) atoms. The standard InChI is InChI=1S/C32H35N2OSi/c1-19-15-25-23-14-12-22(33-6)17-28(23)35-31(25)30(20(19)2)27-18-29(36(8,9)10)24-13-11-21(32(3,4)5)16-26(24)34(27)7/h11-18H,1-5,7-10H3/q+1. The van der Waals surface area contributed by atoms with Crippen molar-refractivity contribution in [1.82, 2.24) is 0 Å². The lowest BCUT2D eigenvalue weighted by atomic mass is 9.86. The molecule has 2 aromatic heterocycles. The van der Waals surface area contributed by atoms with Gasteiger partial charge in [0.2, 0.25) is 11.2 Å². The van der Waals surface area contributed by atoms with Crippen molar-refractivity contribution in [1.29, 1.82) is 0 Å². The molecule has 0 spiro atoms. The fourth-order valence-electron chi connectivity index (χ4n) is 5.31. The first-order valence-corrected chi connectivity index (χ1v) is 16.1. The topological polar surface area (TPSA) is 21.4 Å². The van der Waals surface area contributed by atoms with Gasteiger partial charge in [-0.05, 0) is 59.3 Å². The van der Waals surface area contributed by atoms with E-state index in [1.54, 1.807) is 0 Å². The van der Waals surface area contributed by atoms with Gasteiger partial charge in [0.1, 0.15) is 18.2 Å². The summed E-state index contributed by atoms with van der Waals surface area (Å²) in [6.45, 7) is 25.9. The van der Waals surface area contributed by atoms with Crippen molar-refractivity contribution >= 4 is 51.8 Å². The fraction of sp³-hybridized carbons (Fsp3) is 0.312. The number of pyridine rings is 1. The van der Waals surface area contributed by atoms with E-state index in [1.807, 2.05) is 18.2 Å². The van der Waals surface area contributed by atoms with Crippen LogP contribution in [0.4, 0.5) is 5.69 Å². The van der Waals surface area contributed by atoms with Gasteiger partial charge in [0.05, 0.1) is 20.2 Å². The van der Waals surface area contributed by atoms with E-state index >= 15 is 0 Å². The highest BCUT2D eigenvalue weighted by Crippen LogP contribution is 2.40. The second-order valence-corrected chi connectivity index (χ2v) is 17.2. The van der Waals surface area contributed by atoms with Crippen LogP contribution in [0.5, 0.6) is 0 Å². The average Bonchev–Trinajstić information content (AvgIpc) is 3.16. The molecule has 2 heterocycles. The summed E-state index contributed by atoms with van der Waals surface area (Å²) in [5.41, 5.74) is 9.75. The van der Waals surface area contributed by atoms with Crippen molar-refractivity contribution in [2.75, 3.05) is 0 Å². The number of nitrogens with zero attached hydrogens (tertiary/aromatic N) is 2. The Morgan fingerprint density at radius 1 is 0.889 bits per heavy atom. The van der Waals surface area contributed by atoms with Gasteiger partial charge in [-0.1, -0.05) is 58.6 Å². The summed E-state index contributed by atoms with van der Waals surface area (Å²) in [6, 6.07) is 17.4. The molecule has 0 aliphatic rings. The summed E-state index contributed by atoms with van der Waals surface area (Å²) in [5, 5.41) is 4.98. The van der Waals surface area contributed by atoms with E-state index in [4.69, 9.17) is 11.0 Å². The van der Waals surface area contributed by atoms with Crippen LogP contribution in [0.25, 0.3) is 48.9 Å². The summed E-state index contributed by atoms with van der Waals surface area (Å²) in [5.74, 6) is 0. The van der Waals surface area contributed by atoms with E-state index in [9.17, 15) is 0 Å². The summed E-state index contributed by atoms with van der Waals surface area (Å²) in [4.78, 5) is 3.61. The predicted molar refractivity (Wildman–Crippen MR) is 155 cm³/mol. The van der Waals surface area contributed by atoms with Gasteiger partial charge in [0.25, 0.3) is 0 Å². The predicted octanol–water partition coefficient (Wildman–Crippen LogP) is 8.24. The first-order valence-electron chi connectivity index (χ1n) is 12.6. The first kappa shape index (κ1) is 24.3. The number of hydrogen-bond acceptors (Lipinski definition) is 1. The van der Waals surface area contributed by atoms with E-state index in [1.165, 1.54) is 38.5 Å². The molecule has 0 amide bonds. The second-order valence-electron chi connectivity index (χ2n) is 12.2. The molecule has 3 nitrogen and oxygen atoms in total. The van der Waals surface area contributed by atoms with Crippen molar-refractivity contribution in [3.8, 4) is 11.3 Å². The highest BCUT2D eigenvalue weighted by Gasteiger charge is 2.30. The summed E-state index contributed by atoms with van der Waals surface area (Å²) >= 11 is 0. The Labute approximate surface area is 215 Å². The van der Waals surface area contributed by atoms with Gasteiger partial charge in [-0.25, -0.2) is 4.85 Å². The molecule has 0 aliphatic carbocycles. The molecule has 0 saturated carbocycles. The zero-order valence-electron chi connectivity index (χ0n) is 22.9. The van der Waals surface area contributed by atoms with Crippen LogP contribution in [-0.2, 0) is 12.5 Å². The smallest absolute Gasteiger partial charge is 0.216 e. The molecule has 0 atom stereocenters. The minimum absolute atomic E-state index is 0.0718. The average molecular weight is 492 g/mol. The zero-order chi connectivity index (χ0) is 26.2. The Morgan fingerprint density at radius 3 is 2.22 bits per heavy atom. The molecule has 0 saturated heterocycles. The van der Waals surface area contributed by atoms with E-state index in [-0.39, 0.29) is 5.41 Å². The monoisotopic (exact) mass is 491 g/mol. The SMILES string of the molecule is [C-]#[N+]c1ccc2c(c1)oc1c(-c3cc([Si](C)(C)C)c4ccc(C(C)(C)C)cc4[n+]3C)c(C)c(C)cc12. The molecular formula is C32H35N2OSi+. The quantitative estimate of drug-likeness (QED) is 0.138. The molecule has 0 bridgehead atoms. The van der Waals surface area contributed by atoms with Gasteiger partial charge in [-0.2, -0.15) is 4.57 Å². The van der Waals surface area contributed by atoms with Crippen LogP contribution in [0.1, 0.15) is 37.5 Å². The third-order valence-electron chi connectivity index (χ3n) is 7.62. The molecular weight excluding hydrogens is 456 g/mol. The van der Waals surface area contributed by atoms with Crippen LogP contribution in [-0.4, -0.2) is 8.07 Å². The number of benzene rings is 3. The van der Waals surface area contributed by atoms with Crippen molar-refractivity contribution in [3.63, 3.8) is 0 Å². The maximum absolute atomic E-state index is 7.43. The van der Waals surface area contributed by atoms with Crippen molar-refractivity contribution in [2.24, 2.45) is 7.05 Å². The third-order valence-corrected chi connectivity index (χ3v) is 9.65.